The molecule has 0 aromatic carbocycles. The Morgan fingerprint density at radius 1 is 1.21 bits per heavy atom. The van der Waals surface area contributed by atoms with Crippen molar-refractivity contribution in [1.82, 2.24) is 20.4 Å². The molecule has 0 atom stereocenters. The molecule has 0 aromatic rings. The zero-order chi connectivity index (χ0) is 16.3. The summed E-state index contributed by atoms with van der Waals surface area (Å²) in [5, 5.41) is 6.80. The van der Waals surface area contributed by atoms with Crippen LogP contribution in [0.5, 0.6) is 0 Å². The number of hydrogen-bond donors (Lipinski definition) is 2. The Labute approximate surface area is 163 Å². The summed E-state index contributed by atoms with van der Waals surface area (Å²) >= 11 is 0. The fraction of sp³-hybridized carbons (Fsp3) is 0.938. The largest absolute Gasteiger partial charge is 0.383 e. The Kier molecular flexibility index (Phi) is 11.9. The minimum Gasteiger partial charge on any atom is -0.383 e. The van der Waals surface area contributed by atoms with Gasteiger partial charge >= 0.3 is 0 Å². The van der Waals surface area contributed by atoms with Crippen molar-refractivity contribution in [3.05, 3.63) is 0 Å². The molecule has 0 bridgehead atoms. The van der Waals surface area contributed by atoms with Crippen LogP contribution in [0.15, 0.2) is 4.99 Å². The van der Waals surface area contributed by atoms with E-state index in [0.29, 0.717) is 0 Å². The Morgan fingerprint density at radius 3 is 2.54 bits per heavy atom. The standard InChI is InChI=1S/C16H33N5O2.HI/c1-17-16(18-5-7-20-9-13-23-14-10-20)19-6-8-21(11-12-22-2)15-3-4-15;/h15H,3-14H2,1-2H3,(H2,17,18,19);1H. The normalized spacial score (nSPS) is 19.2. The third-order valence-corrected chi connectivity index (χ3v) is 4.39. The van der Waals surface area contributed by atoms with E-state index in [1.165, 1.54) is 12.8 Å². The molecule has 2 N–H and O–H groups in total. The summed E-state index contributed by atoms with van der Waals surface area (Å²) in [6.45, 7) is 9.50. The SMILES string of the molecule is CN=C(NCCN1CCOCC1)NCCN(CCOC)C1CC1.I. The average Bonchev–Trinajstić information content (AvgIpc) is 3.42. The van der Waals surface area contributed by atoms with Gasteiger partial charge in [-0.15, -0.1) is 24.0 Å². The number of ether oxygens (including phenoxy) is 2. The lowest BCUT2D eigenvalue weighted by Crippen LogP contribution is -2.46. The maximum absolute atomic E-state index is 5.36. The Morgan fingerprint density at radius 2 is 1.92 bits per heavy atom. The fourth-order valence-corrected chi connectivity index (χ4v) is 2.82. The number of halogens is 1. The van der Waals surface area contributed by atoms with Crippen molar-refractivity contribution in [1.29, 1.82) is 0 Å². The van der Waals surface area contributed by atoms with Gasteiger partial charge < -0.3 is 20.1 Å². The number of morpholine rings is 1. The van der Waals surface area contributed by atoms with Crippen LogP contribution in [0.3, 0.4) is 0 Å². The molecular formula is C16H34IN5O2. The Balaban J connectivity index is 0.00000288. The average molecular weight is 455 g/mol. The molecule has 2 rings (SSSR count). The molecule has 1 aliphatic heterocycles. The second-order valence-electron chi connectivity index (χ2n) is 6.14. The molecular weight excluding hydrogens is 421 g/mol. The van der Waals surface area contributed by atoms with Crippen molar-refractivity contribution < 1.29 is 9.47 Å². The number of methoxy groups -OCH3 is 1. The van der Waals surface area contributed by atoms with Gasteiger partial charge in [-0.3, -0.25) is 14.8 Å². The van der Waals surface area contributed by atoms with Crippen LogP contribution in [0.4, 0.5) is 0 Å². The smallest absolute Gasteiger partial charge is 0.191 e. The first-order valence-electron chi connectivity index (χ1n) is 8.81. The number of rotatable bonds is 10. The third-order valence-electron chi connectivity index (χ3n) is 4.39. The van der Waals surface area contributed by atoms with Crippen molar-refractivity contribution in [3.8, 4) is 0 Å². The van der Waals surface area contributed by atoms with Crippen LogP contribution in [0, 0.1) is 0 Å². The van der Waals surface area contributed by atoms with Crippen LogP contribution in [-0.4, -0.2) is 102 Å². The summed E-state index contributed by atoms with van der Waals surface area (Å²) < 4.78 is 10.6. The quantitative estimate of drug-likeness (QED) is 0.279. The maximum atomic E-state index is 5.36. The van der Waals surface area contributed by atoms with Crippen LogP contribution in [0.25, 0.3) is 0 Å². The summed E-state index contributed by atoms with van der Waals surface area (Å²) in [6, 6.07) is 0.767. The molecule has 2 fully saturated rings. The Hall–Kier alpha value is -0.160. The van der Waals surface area contributed by atoms with Crippen LogP contribution in [0.1, 0.15) is 12.8 Å². The highest BCUT2D eigenvalue weighted by atomic mass is 127. The lowest BCUT2D eigenvalue weighted by molar-refractivity contribution is 0.0389. The number of nitrogens with zero attached hydrogens (tertiary/aromatic N) is 3. The van der Waals surface area contributed by atoms with Gasteiger partial charge in [0, 0.05) is 66.0 Å². The van der Waals surface area contributed by atoms with Gasteiger partial charge in [-0.25, -0.2) is 0 Å². The molecule has 24 heavy (non-hydrogen) atoms. The van der Waals surface area contributed by atoms with Crippen molar-refractivity contribution in [2.24, 2.45) is 4.99 Å². The van der Waals surface area contributed by atoms with Gasteiger partial charge in [-0.05, 0) is 12.8 Å². The molecule has 7 nitrogen and oxygen atoms in total. The Bertz CT molecular complexity index is 349. The first kappa shape index (κ1) is 21.9. The topological polar surface area (TPSA) is 61.4 Å². The number of aliphatic imine (C=N–C) groups is 1. The van der Waals surface area contributed by atoms with Gasteiger partial charge in [0.15, 0.2) is 5.96 Å². The lowest BCUT2D eigenvalue weighted by atomic mass is 10.4. The van der Waals surface area contributed by atoms with E-state index in [0.717, 1.165) is 77.6 Å². The van der Waals surface area contributed by atoms with E-state index in [-0.39, 0.29) is 24.0 Å². The first-order valence-corrected chi connectivity index (χ1v) is 8.81. The van der Waals surface area contributed by atoms with E-state index in [9.17, 15) is 0 Å². The highest BCUT2D eigenvalue weighted by Gasteiger charge is 2.28. The zero-order valence-corrected chi connectivity index (χ0v) is 17.5. The van der Waals surface area contributed by atoms with Crippen molar-refractivity contribution in [2.75, 3.05) is 79.8 Å². The summed E-state index contributed by atoms with van der Waals surface area (Å²) in [5.41, 5.74) is 0. The van der Waals surface area contributed by atoms with E-state index in [1.807, 2.05) is 7.05 Å². The molecule has 0 spiro atoms. The van der Waals surface area contributed by atoms with Crippen LogP contribution in [-0.2, 0) is 9.47 Å². The summed E-state index contributed by atoms with van der Waals surface area (Å²) in [7, 11) is 3.59. The first-order chi connectivity index (χ1) is 11.3. The van der Waals surface area contributed by atoms with Crippen molar-refractivity contribution >= 4 is 29.9 Å². The van der Waals surface area contributed by atoms with Gasteiger partial charge in [-0.2, -0.15) is 0 Å². The molecule has 1 saturated carbocycles. The van der Waals surface area contributed by atoms with Crippen molar-refractivity contribution in [2.45, 2.75) is 18.9 Å². The second-order valence-corrected chi connectivity index (χ2v) is 6.14. The van der Waals surface area contributed by atoms with E-state index in [1.54, 1.807) is 7.11 Å². The van der Waals surface area contributed by atoms with Gasteiger partial charge in [-0.1, -0.05) is 0 Å². The van der Waals surface area contributed by atoms with Crippen LogP contribution < -0.4 is 10.6 Å². The lowest BCUT2D eigenvalue weighted by Gasteiger charge is -2.27. The minimum atomic E-state index is 0. The molecule has 0 amide bonds. The highest BCUT2D eigenvalue weighted by Crippen LogP contribution is 2.25. The number of hydrogen-bond acceptors (Lipinski definition) is 5. The van der Waals surface area contributed by atoms with Gasteiger partial charge in [0.25, 0.3) is 0 Å². The monoisotopic (exact) mass is 455 g/mol. The third kappa shape index (κ3) is 8.80. The van der Waals surface area contributed by atoms with Crippen LogP contribution in [0.2, 0.25) is 0 Å². The molecule has 1 aliphatic carbocycles. The molecule has 0 unspecified atom stereocenters. The molecule has 2 aliphatic rings. The maximum Gasteiger partial charge on any atom is 0.191 e. The second kappa shape index (κ2) is 13.1. The molecule has 142 valence electrons. The molecule has 0 aromatic heterocycles. The minimum absolute atomic E-state index is 0. The van der Waals surface area contributed by atoms with Gasteiger partial charge in [0.1, 0.15) is 0 Å². The summed E-state index contributed by atoms with van der Waals surface area (Å²) in [4.78, 5) is 9.23. The van der Waals surface area contributed by atoms with E-state index < -0.39 is 0 Å². The fourth-order valence-electron chi connectivity index (χ4n) is 2.82. The van der Waals surface area contributed by atoms with Crippen LogP contribution >= 0.6 is 24.0 Å². The van der Waals surface area contributed by atoms with Gasteiger partial charge in [0.2, 0.25) is 0 Å². The zero-order valence-electron chi connectivity index (χ0n) is 15.1. The molecule has 1 heterocycles. The molecule has 1 saturated heterocycles. The summed E-state index contributed by atoms with van der Waals surface area (Å²) in [5.74, 6) is 0.890. The van der Waals surface area contributed by atoms with E-state index in [4.69, 9.17) is 9.47 Å². The predicted octanol–water partition coefficient (Wildman–Crippen LogP) is 0.212. The molecule has 0 radical (unpaired) electrons. The van der Waals surface area contributed by atoms with Gasteiger partial charge in [0.05, 0.1) is 19.8 Å². The number of nitrogens with one attached hydrogen (secondary N) is 2. The van der Waals surface area contributed by atoms with Crippen molar-refractivity contribution in [3.63, 3.8) is 0 Å². The van der Waals surface area contributed by atoms with E-state index in [2.05, 4.69) is 25.4 Å². The summed E-state index contributed by atoms with van der Waals surface area (Å²) in [6.07, 6.45) is 2.66. The number of guanidine groups is 1. The highest BCUT2D eigenvalue weighted by molar-refractivity contribution is 14.0. The predicted molar refractivity (Wildman–Crippen MR) is 109 cm³/mol. The molecule has 8 heteroatoms. The van der Waals surface area contributed by atoms with E-state index >= 15 is 0 Å².